The Labute approximate surface area is 133 Å². The molecule has 0 aromatic heterocycles. The van der Waals surface area contributed by atoms with Crippen molar-refractivity contribution in [2.24, 2.45) is 0 Å². The van der Waals surface area contributed by atoms with E-state index < -0.39 is 0 Å². The number of carbonyl (C=O) groups excluding carboxylic acids is 2. The number of carbonyl (C=O) groups is 2. The molecular weight excluding hydrogens is 299 g/mol. The molecule has 2 rings (SSSR count). The van der Waals surface area contributed by atoms with Crippen LogP contribution >= 0.6 is 0 Å². The van der Waals surface area contributed by atoms with Gasteiger partial charge in [-0.1, -0.05) is 12.1 Å². The van der Waals surface area contributed by atoms with Gasteiger partial charge in [0, 0.05) is 5.69 Å². The number of amides is 2. The van der Waals surface area contributed by atoms with Crippen molar-refractivity contribution in [1.29, 1.82) is 0 Å². The maximum atomic E-state index is 12.8. The number of rotatable bonds is 6. The van der Waals surface area contributed by atoms with E-state index in [4.69, 9.17) is 4.74 Å². The molecular formula is C17H17FN2O3. The molecule has 0 heterocycles. The maximum Gasteiger partial charge on any atom is 0.243 e. The first kappa shape index (κ1) is 16.5. The third kappa shape index (κ3) is 5.43. The lowest BCUT2D eigenvalue weighted by atomic mass is 10.1. The fourth-order valence-electron chi connectivity index (χ4n) is 1.91. The van der Waals surface area contributed by atoms with Gasteiger partial charge in [-0.3, -0.25) is 9.59 Å². The fourth-order valence-corrected chi connectivity index (χ4v) is 1.91. The number of methoxy groups -OCH3 is 1. The highest BCUT2D eigenvalue weighted by molar-refractivity contribution is 5.94. The molecule has 5 nitrogen and oxygen atoms in total. The predicted molar refractivity (Wildman–Crippen MR) is 84.7 cm³/mol. The number of anilines is 1. The van der Waals surface area contributed by atoms with Gasteiger partial charge in [-0.2, -0.15) is 0 Å². The second-order valence-electron chi connectivity index (χ2n) is 4.86. The Hall–Kier alpha value is -2.89. The Morgan fingerprint density at radius 2 is 1.65 bits per heavy atom. The summed E-state index contributed by atoms with van der Waals surface area (Å²) in [6.45, 7) is -0.146. The lowest BCUT2D eigenvalue weighted by Crippen LogP contribution is -2.33. The van der Waals surface area contributed by atoms with Gasteiger partial charge >= 0.3 is 0 Å². The van der Waals surface area contributed by atoms with Crippen LogP contribution in [0.25, 0.3) is 0 Å². The summed E-state index contributed by atoms with van der Waals surface area (Å²) in [5, 5.41) is 5.10. The molecule has 0 radical (unpaired) electrons. The van der Waals surface area contributed by atoms with Crippen molar-refractivity contribution in [2.75, 3.05) is 19.0 Å². The van der Waals surface area contributed by atoms with Crippen molar-refractivity contribution in [3.63, 3.8) is 0 Å². The van der Waals surface area contributed by atoms with E-state index in [2.05, 4.69) is 10.6 Å². The van der Waals surface area contributed by atoms with E-state index in [1.54, 1.807) is 31.4 Å². The molecule has 2 aromatic carbocycles. The lowest BCUT2D eigenvalue weighted by molar-refractivity contribution is -0.123. The normalized spacial score (nSPS) is 10.0. The average Bonchev–Trinajstić information content (AvgIpc) is 2.56. The number of ether oxygens (including phenoxy) is 1. The van der Waals surface area contributed by atoms with E-state index in [-0.39, 0.29) is 30.6 Å². The monoisotopic (exact) mass is 316 g/mol. The van der Waals surface area contributed by atoms with Crippen molar-refractivity contribution in [3.8, 4) is 5.75 Å². The van der Waals surface area contributed by atoms with Crippen LogP contribution in [0.2, 0.25) is 0 Å². The Kier molecular flexibility index (Phi) is 5.68. The van der Waals surface area contributed by atoms with Gasteiger partial charge in [-0.15, -0.1) is 0 Å². The van der Waals surface area contributed by atoms with E-state index in [1.807, 2.05) is 0 Å². The Morgan fingerprint density at radius 1 is 1.00 bits per heavy atom. The smallest absolute Gasteiger partial charge is 0.243 e. The zero-order valence-corrected chi connectivity index (χ0v) is 12.6. The standard InChI is InChI=1S/C17H17FN2O3/c1-23-15-8-2-12(3-9-15)10-16(21)19-11-17(22)20-14-6-4-13(18)5-7-14/h2-9H,10-11H2,1H3,(H,19,21)(H,20,22). The summed E-state index contributed by atoms with van der Waals surface area (Å²) < 4.78 is 17.8. The Bertz CT molecular complexity index is 669. The molecule has 120 valence electrons. The minimum Gasteiger partial charge on any atom is -0.497 e. The van der Waals surface area contributed by atoms with Gasteiger partial charge in [0.2, 0.25) is 11.8 Å². The molecule has 0 spiro atoms. The van der Waals surface area contributed by atoms with Crippen molar-refractivity contribution < 1.29 is 18.7 Å². The SMILES string of the molecule is COc1ccc(CC(=O)NCC(=O)Nc2ccc(F)cc2)cc1. The second-order valence-corrected chi connectivity index (χ2v) is 4.86. The topological polar surface area (TPSA) is 67.4 Å². The van der Waals surface area contributed by atoms with Crippen LogP contribution in [0.3, 0.4) is 0 Å². The molecule has 23 heavy (non-hydrogen) atoms. The highest BCUT2D eigenvalue weighted by Crippen LogP contribution is 2.11. The largest absolute Gasteiger partial charge is 0.497 e. The molecule has 0 bridgehead atoms. The van der Waals surface area contributed by atoms with Crippen LogP contribution in [0.5, 0.6) is 5.75 Å². The lowest BCUT2D eigenvalue weighted by Gasteiger charge is -2.07. The summed E-state index contributed by atoms with van der Waals surface area (Å²) in [6, 6.07) is 12.5. The summed E-state index contributed by atoms with van der Waals surface area (Å²) in [4.78, 5) is 23.5. The van der Waals surface area contributed by atoms with Crippen LogP contribution in [0, 0.1) is 5.82 Å². The first-order chi connectivity index (χ1) is 11.1. The minimum atomic E-state index is -0.379. The van der Waals surface area contributed by atoms with E-state index in [0.717, 1.165) is 5.56 Å². The van der Waals surface area contributed by atoms with Crippen LogP contribution in [-0.4, -0.2) is 25.5 Å². The van der Waals surface area contributed by atoms with Crippen LogP contribution in [-0.2, 0) is 16.0 Å². The van der Waals surface area contributed by atoms with Crippen molar-refractivity contribution in [3.05, 3.63) is 59.9 Å². The maximum absolute atomic E-state index is 12.8. The molecule has 0 aliphatic heterocycles. The van der Waals surface area contributed by atoms with Crippen molar-refractivity contribution >= 4 is 17.5 Å². The van der Waals surface area contributed by atoms with E-state index >= 15 is 0 Å². The second kappa shape index (κ2) is 7.93. The summed E-state index contributed by atoms with van der Waals surface area (Å²) in [6.07, 6.45) is 0.174. The molecule has 0 saturated heterocycles. The fraction of sp³-hybridized carbons (Fsp3) is 0.176. The Balaban J connectivity index is 1.76. The third-order valence-corrected chi connectivity index (χ3v) is 3.10. The summed E-state index contributed by atoms with van der Waals surface area (Å²) in [5.74, 6) is -0.298. The molecule has 2 amide bonds. The molecule has 2 aromatic rings. The summed E-state index contributed by atoms with van der Waals surface area (Å²) in [5.41, 5.74) is 1.29. The van der Waals surface area contributed by atoms with Gasteiger partial charge in [0.05, 0.1) is 20.1 Å². The van der Waals surface area contributed by atoms with Gasteiger partial charge in [0.15, 0.2) is 0 Å². The van der Waals surface area contributed by atoms with E-state index in [1.165, 1.54) is 24.3 Å². The zero-order chi connectivity index (χ0) is 16.7. The third-order valence-electron chi connectivity index (χ3n) is 3.10. The van der Waals surface area contributed by atoms with Gasteiger partial charge in [0.1, 0.15) is 11.6 Å². The van der Waals surface area contributed by atoms with E-state index in [9.17, 15) is 14.0 Å². The van der Waals surface area contributed by atoms with Crippen molar-refractivity contribution in [1.82, 2.24) is 5.32 Å². The molecule has 0 unspecified atom stereocenters. The molecule has 2 N–H and O–H groups in total. The number of benzene rings is 2. The van der Waals surface area contributed by atoms with Crippen LogP contribution in [0.4, 0.5) is 10.1 Å². The van der Waals surface area contributed by atoms with Gasteiger partial charge in [-0.25, -0.2) is 4.39 Å². The molecule has 0 aliphatic rings. The minimum absolute atomic E-state index is 0.146. The average molecular weight is 316 g/mol. The molecule has 0 aliphatic carbocycles. The summed E-state index contributed by atoms with van der Waals surface area (Å²) in [7, 11) is 1.57. The highest BCUT2D eigenvalue weighted by atomic mass is 19.1. The first-order valence-electron chi connectivity index (χ1n) is 7.02. The number of nitrogens with one attached hydrogen (secondary N) is 2. The van der Waals surface area contributed by atoms with Gasteiger partial charge in [0.25, 0.3) is 0 Å². The van der Waals surface area contributed by atoms with Crippen LogP contribution in [0.15, 0.2) is 48.5 Å². The first-order valence-corrected chi connectivity index (χ1v) is 7.02. The Morgan fingerprint density at radius 3 is 2.26 bits per heavy atom. The van der Waals surface area contributed by atoms with Crippen LogP contribution < -0.4 is 15.4 Å². The zero-order valence-electron chi connectivity index (χ0n) is 12.6. The van der Waals surface area contributed by atoms with Gasteiger partial charge in [-0.05, 0) is 42.0 Å². The van der Waals surface area contributed by atoms with Crippen molar-refractivity contribution in [2.45, 2.75) is 6.42 Å². The molecule has 0 fully saturated rings. The molecule has 6 heteroatoms. The van der Waals surface area contributed by atoms with E-state index in [0.29, 0.717) is 11.4 Å². The molecule has 0 saturated carbocycles. The van der Waals surface area contributed by atoms with Gasteiger partial charge < -0.3 is 15.4 Å². The number of hydrogen-bond acceptors (Lipinski definition) is 3. The number of hydrogen-bond donors (Lipinski definition) is 2. The molecule has 0 atom stereocenters. The summed E-state index contributed by atoms with van der Waals surface area (Å²) >= 11 is 0. The quantitative estimate of drug-likeness (QED) is 0.858. The predicted octanol–water partition coefficient (Wildman–Crippen LogP) is 2.13. The van der Waals surface area contributed by atoms with Crippen LogP contribution in [0.1, 0.15) is 5.56 Å². The number of halogens is 1. The highest BCUT2D eigenvalue weighted by Gasteiger charge is 2.07.